The number of hydrogen-bond acceptors (Lipinski definition) is 6. The molecule has 1 aliphatic heterocycles. The second-order valence-electron chi connectivity index (χ2n) is 7.03. The van der Waals surface area contributed by atoms with E-state index in [1.54, 1.807) is 11.0 Å². The number of aliphatic hydroxyl groups excluding tert-OH is 2. The van der Waals surface area contributed by atoms with Crippen molar-refractivity contribution in [3.05, 3.63) is 59.8 Å². The Hall–Kier alpha value is -3.44. The molecule has 3 rings (SSSR count). The van der Waals surface area contributed by atoms with E-state index in [-0.39, 0.29) is 30.8 Å². The van der Waals surface area contributed by atoms with Gasteiger partial charge in [-0.25, -0.2) is 4.98 Å². The van der Waals surface area contributed by atoms with E-state index in [0.29, 0.717) is 41.4 Å². The monoisotopic (exact) mass is 451 g/mol. The number of aromatic nitrogens is 1. The highest BCUT2D eigenvalue weighted by atomic mass is 19.4. The first-order valence-corrected chi connectivity index (χ1v) is 9.62. The van der Waals surface area contributed by atoms with Gasteiger partial charge in [0.2, 0.25) is 5.91 Å². The van der Waals surface area contributed by atoms with Crippen molar-refractivity contribution in [3.8, 4) is 5.75 Å². The Morgan fingerprint density at radius 3 is 2.53 bits per heavy atom. The van der Waals surface area contributed by atoms with E-state index in [2.05, 4.69) is 15.0 Å². The third-order valence-electron chi connectivity index (χ3n) is 4.85. The fraction of sp³-hybridized carbons (Fsp3) is 0.286. The van der Waals surface area contributed by atoms with Crippen LogP contribution in [-0.2, 0) is 11.4 Å². The van der Waals surface area contributed by atoms with Crippen LogP contribution in [0.4, 0.5) is 24.7 Å². The Bertz CT molecular complexity index is 1000. The SMILES string of the molecule is [NH2+]=C(c1c(CO)ccnc1Nc1ccc(OC(F)(F)F)cc1)C1CN(C(=O)/C=C/CO)C1. The number of pyridine rings is 1. The highest BCUT2D eigenvalue weighted by molar-refractivity contribution is 6.05. The normalized spacial score (nSPS) is 14.3. The number of halogens is 3. The van der Waals surface area contributed by atoms with E-state index < -0.39 is 6.36 Å². The predicted octanol–water partition coefficient (Wildman–Crippen LogP) is 0.771. The first-order valence-electron chi connectivity index (χ1n) is 9.62. The molecule has 1 amide bonds. The summed E-state index contributed by atoms with van der Waals surface area (Å²) in [6.07, 6.45) is -0.675. The number of nitrogens with one attached hydrogen (secondary N) is 1. The number of likely N-dealkylation sites (tertiary alicyclic amines) is 1. The average molecular weight is 451 g/mol. The minimum Gasteiger partial charge on any atom is -0.406 e. The van der Waals surface area contributed by atoms with Crippen molar-refractivity contribution in [3.63, 3.8) is 0 Å². The maximum Gasteiger partial charge on any atom is 0.573 e. The maximum atomic E-state index is 12.3. The van der Waals surface area contributed by atoms with Crippen molar-refractivity contribution in [2.45, 2.75) is 13.0 Å². The van der Waals surface area contributed by atoms with Crippen LogP contribution in [0.1, 0.15) is 11.1 Å². The van der Waals surface area contributed by atoms with Crippen LogP contribution in [0.2, 0.25) is 0 Å². The van der Waals surface area contributed by atoms with E-state index >= 15 is 0 Å². The summed E-state index contributed by atoms with van der Waals surface area (Å²) in [7, 11) is 0. The summed E-state index contributed by atoms with van der Waals surface area (Å²) in [6, 6.07) is 6.72. The van der Waals surface area contributed by atoms with Gasteiger partial charge in [0.25, 0.3) is 0 Å². The fourth-order valence-electron chi connectivity index (χ4n) is 3.25. The Labute approximate surface area is 181 Å². The molecule has 1 aromatic heterocycles. The molecule has 0 atom stereocenters. The summed E-state index contributed by atoms with van der Waals surface area (Å²) in [5.41, 5.74) is 1.86. The minimum atomic E-state index is -4.78. The van der Waals surface area contributed by atoms with Crippen LogP contribution >= 0.6 is 0 Å². The molecule has 170 valence electrons. The quantitative estimate of drug-likeness (QED) is 0.348. The summed E-state index contributed by atoms with van der Waals surface area (Å²) in [5.74, 6) is -0.445. The van der Waals surface area contributed by atoms with Crippen LogP contribution in [0.3, 0.4) is 0 Å². The van der Waals surface area contributed by atoms with Gasteiger partial charge >= 0.3 is 6.36 Å². The smallest absolute Gasteiger partial charge is 0.406 e. The zero-order valence-electron chi connectivity index (χ0n) is 16.8. The molecular formula is C21H22F3N4O4+. The van der Waals surface area contributed by atoms with Crippen molar-refractivity contribution >= 4 is 23.1 Å². The van der Waals surface area contributed by atoms with Crippen LogP contribution in [0.15, 0.2) is 48.7 Å². The number of rotatable bonds is 8. The highest BCUT2D eigenvalue weighted by Crippen LogP contribution is 2.29. The molecular weight excluding hydrogens is 429 g/mol. The first-order chi connectivity index (χ1) is 15.2. The van der Waals surface area contributed by atoms with Gasteiger partial charge in [0.05, 0.1) is 24.7 Å². The van der Waals surface area contributed by atoms with Gasteiger partial charge in [-0.05, 0) is 35.9 Å². The van der Waals surface area contributed by atoms with Gasteiger partial charge in [-0.3, -0.25) is 10.2 Å². The molecule has 0 unspecified atom stereocenters. The van der Waals surface area contributed by atoms with E-state index in [1.165, 1.54) is 30.5 Å². The summed E-state index contributed by atoms with van der Waals surface area (Å²) in [6.45, 7) is 0.192. The number of amides is 1. The fourth-order valence-corrected chi connectivity index (χ4v) is 3.25. The lowest BCUT2D eigenvalue weighted by atomic mass is 9.88. The van der Waals surface area contributed by atoms with E-state index in [0.717, 1.165) is 12.1 Å². The van der Waals surface area contributed by atoms with Gasteiger partial charge in [-0.15, -0.1) is 13.2 Å². The largest absolute Gasteiger partial charge is 0.573 e. The molecule has 0 aliphatic carbocycles. The standard InChI is InChI=1S/C21H21F3N4O4/c22-21(23,24)32-16-5-3-15(4-6-16)27-20-18(13(12-30)7-8-26-20)19(25)14-10-28(11-14)17(31)2-1-9-29/h1-8,14,25,29-30H,9-12H2,(H,26,27)/p+1/b2-1+,25-19?. The van der Waals surface area contributed by atoms with E-state index in [9.17, 15) is 23.1 Å². The maximum absolute atomic E-state index is 12.3. The molecule has 8 nitrogen and oxygen atoms in total. The molecule has 1 fully saturated rings. The molecule has 0 bridgehead atoms. The van der Waals surface area contributed by atoms with Crippen molar-refractivity contribution in [1.82, 2.24) is 9.88 Å². The molecule has 1 saturated heterocycles. The molecule has 1 aromatic carbocycles. The number of aliphatic hydroxyl groups is 2. The second kappa shape index (κ2) is 9.79. The minimum absolute atomic E-state index is 0.168. The van der Waals surface area contributed by atoms with Crippen molar-refractivity contribution in [2.24, 2.45) is 5.92 Å². The summed E-state index contributed by atoms with van der Waals surface area (Å²) in [4.78, 5) is 17.8. The number of carbonyl (C=O) groups is 1. The number of nitrogens with two attached hydrogens (primary N) is 1. The lowest BCUT2D eigenvalue weighted by Gasteiger charge is -2.37. The zero-order chi connectivity index (χ0) is 23.3. The lowest BCUT2D eigenvalue weighted by Crippen LogP contribution is -2.59. The van der Waals surface area contributed by atoms with Crippen LogP contribution in [-0.4, -0.2) is 57.8 Å². The summed E-state index contributed by atoms with van der Waals surface area (Å²) >= 11 is 0. The average Bonchev–Trinajstić information content (AvgIpc) is 2.71. The molecule has 32 heavy (non-hydrogen) atoms. The predicted molar refractivity (Wildman–Crippen MR) is 109 cm³/mol. The van der Waals surface area contributed by atoms with Crippen molar-refractivity contribution in [1.29, 1.82) is 0 Å². The zero-order valence-corrected chi connectivity index (χ0v) is 16.8. The van der Waals surface area contributed by atoms with Crippen LogP contribution in [0.5, 0.6) is 5.75 Å². The second-order valence-corrected chi connectivity index (χ2v) is 7.03. The topological polar surface area (TPSA) is 121 Å². The number of alkyl halides is 3. The third-order valence-corrected chi connectivity index (χ3v) is 4.85. The van der Waals surface area contributed by atoms with Gasteiger partial charge in [0.1, 0.15) is 11.6 Å². The van der Waals surface area contributed by atoms with E-state index in [4.69, 9.17) is 10.5 Å². The first kappa shape index (κ1) is 23.2. The molecule has 0 spiro atoms. The summed E-state index contributed by atoms with van der Waals surface area (Å²) < 4.78 is 40.9. The van der Waals surface area contributed by atoms with Crippen LogP contribution < -0.4 is 15.5 Å². The molecule has 2 aromatic rings. The summed E-state index contributed by atoms with van der Waals surface area (Å²) in [5, 5.41) is 27.9. The number of hydrogen-bond donors (Lipinski definition) is 4. The number of ether oxygens (including phenoxy) is 1. The third kappa shape index (κ3) is 5.62. The van der Waals surface area contributed by atoms with Gasteiger partial charge < -0.3 is 25.2 Å². The van der Waals surface area contributed by atoms with Crippen molar-refractivity contribution < 1.29 is 38.3 Å². The van der Waals surface area contributed by atoms with Crippen LogP contribution in [0, 0.1) is 5.92 Å². The molecule has 0 saturated carbocycles. The number of carbonyl (C=O) groups excluding carboxylic acids is 1. The van der Waals surface area contributed by atoms with Gasteiger partial charge in [-0.2, -0.15) is 0 Å². The van der Waals surface area contributed by atoms with Gasteiger partial charge in [0, 0.05) is 31.0 Å². The van der Waals surface area contributed by atoms with Gasteiger partial charge in [0.15, 0.2) is 5.71 Å². The Balaban J connectivity index is 1.76. The Morgan fingerprint density at radius 2 is 1.94 bits per heavy atom. The number of nitrogens with zero attached hydrogens (tertiary/aromatic N) is 2. The lowest BCUT2D eigenvalue weighted by molar-refractivity contribution is -0.274. The van der Waals surface area contributed by atoms with Crippen molar-refractivity contribution in [2.75, 3.05) is 25.0 Å². The van der Waals surface area contributed by atoms with E-state index in [1.807, 2.05) is 0 Å². The number of anilines is 2. The highest BCUT2D eigenvalue weighted by Gasteiger charge is 2.38. The van der Waals surface area contributed by atoms with Gasteiger partial charge in [-0.1, -0.05) is 6.08 Å². The molecule has 2 heterocycles. The molecule has 5 N–H and O–H groups in total. The Kier molecular flexibility index (Phi) is 7.11. The Morgan fingerprint density at radius 1 is 1.25 bits per heavy atom. The molecule has 1 aliphatic rings. The number of benzene rings is 1. The molecule has 11 heteroatoms. The van der Waals surface area contributed by atoms with Crippen LogP contribution in [0.25, 0.3) is 0 Å². The molecule has 0 radical (unpaired) electrons.